The first kappa shape index (κ1) is 12.5. The molecule has 0 unspecified atom stereocenters. The van der Waals surface area contributed by atoms with Crippen molar-refractivity contribution in [2.24, 2.45) is 0 Å². The summed E-state index contributed by atoms with van der Waals surface area (Å²) in [6, 6.07) is 0. The number of ether oxygens (including phenoxy) is 2. The van der Waals surface area contributed by atoms with Gasteiger partial charge in [-0.1, -0.05) is 0 Å². The lowest BCUT2D eigenvalue weighted by molar-refractivity contribution is 0.0320. The molecule has 2 aromatic heterocycles. The molecule has 0 bridgehead atoms. The number of morpholine rings is 1. The Bertz CT molecular complexity index is 495. The van der Waals surface area contributed by atoms with Crippen LogP contribution >= 0.6 is 11.7 Å². The quantitative estimate of drug-likeness (QED) is 0.792. The molecule has 0 amide bonds. The monoisotopic (exact) mass is 281 g/mol. The van der Waals surface area contributed by atoms with Crippen LogP contribution in [-0.4, -0.2) is 62.7 Å². The summed E-state index contributed by atoms with van der Waals surface area (Å²) in [6.07, 6.45) is 5.22. The Morgan fingerprint density at radius 1 is 1.32 bits per heavy atom. The van der Waals surface area contributed by atoms with Crippen molar-refractivity contribution in [3.05, 3.63) is 18.7 Å². The molecule has 3 rings (SSSR count). The molecule has 3 heterocycles. The Morgan fingerprint density at radius 3 is 3.00 bits per heavy atom. The first-order valence-electron chi connectivity index (χ1n) is 6.17. The van der Waals surface area contributed by atoms with E-state index >= 15 is 0 Å². The molecule has 19 heavy (non-hydrogen) atoms. The van der Waals surface area contributed by atoms with Crippen LogP contribution in [0.5, 0.6) is 5.88 Å². The normalized spacial score (nSPS) is 16.6. The van der Waals surface area contributed by atoms with Crippen molar-refractivity contribution in [3.8, 4) is 11.7 Å². The Labute approximate surface area is 115 Å². The van der Waals surface area contributed by atoms with Gasteiger partial charge in [-0.2, -0.15) is 4.37 Å². The molecule has 1 aliphatic rings. The number of nitrogens with zero attached hydrogens (tertiary/aromatic N) is 5. The van der Waals surface area contributed by atoms with Gasteiger partial charge in [-0.05, 0) is 0 Å². The van der Waals surface area contributed by atoms with E-state index in [0.717, 1.165) is 44.6 Å². The predicted molar refractivity (Wildman–Crippen MR) is 69.8 cm³/mol. The Kier molecular flexibility index (Phi) is 4.01. The highest BCUT2D eigenvalue weighted by Crippen LogP contribution is 2.19. The summed E-state index contributed by atoms with van der Waals surface area (Å²) in [5, 5.41) is 0. The smallest absolute Gasteiger partial charge is 0.271 e. The Morgan fingerprint density at radius 2 is 2.21 bits per heavy atom. The summed E-state index contributed by atoms with van der Waals surface area (Å²) >= 11 is 1.14. The van der Waals surface area contributed by atoms with Gasteiger partial charge in [0.2, 0.25) is 5.82 Å². The van der Waals surface area contributed by atoms with Gasteiger partial charge < -0.3 is 9.47 Å². The predicted octanol–water partition coefficient (Wildman–Crippen LogP) is 0.435. The second-order valence-electron chi connectivity index (χ2n) is 4.17. The third kappa shape index (κ3) is 3.09. The molecule has 1 fully saturated rings. The number of rotatable bonds is 5. The molecule has 8 heteroatoms. The molecule has 0 aromatic carbocycles. The Hall–Kier alpha value is -1.51. The third-order valence-corrected chi connectivity index (χ3v) is 3.44. The molecular formula is C11H15N5O2S. The minimum absolute atomic E-state index is 0.566. The third-order valence-electron chi connectivity index (χ3n) is 2.94. The van der Waals surface area contributed by atoms with Crippen LogP contribution in [0.3, 0.4) is 0 Å². The van der Waals surface area contributed by atoms with Gasteiger partial charge >= 0.3 is 0 Å². The van der Waals surface area contributed by atoms with E-state index in [2.05, 4.69) is 18.6 Å². The van der Waals surface area contributed by atoms with Crippen molar-refractivity contribution in [2.75, 3.05) is 39.5 Å². The van der Waals surface area contributed by atoms with Gasteiger partial charge in [0.25, 0.3) is 5.88 Å². The van der Waals surface area contributed by atoms with Crippen LogP contribution in [0.25, 0.3) is 5.82 Å². The first-order chi connectivity index (χ1) is 9.43. The molecule has 0 atom stereocenters. The zero-order valence-electron chi connectivity index (χ0n) is 10.4. The molecule has 0 radical (unpaired) electrons. The van der Waals surface area contributed by atoms with Gasteiger partial charge in [0.05, 0.1) is 24.9 Å². The van der Waals surface area contributed by atoms with E-state index in [-0.39, 0.29) is 0 Å². The maximum atomic E-state index is 5.71. The van der Waals surface area contributed by atoms with Crippen molar-refractivity contribution >= 4 is 11.7 Å². The molecular weight excluding hydrogens is 266 g/mol. The molecule has 0 aliphatic carbocycles. The number of imidazole rings is 1. The highest BCUT2D eigenvalue weighted by Gasteiger charge is 2.13. The van der Waals surface area contributed by atoms with Crippen LogP contribution < -0.4 is 4.74 Å². The summed E-state index contributed by atoms with van der Waals surface area (Å²) in [5.74, 6) is 1.26. The summed E-state index contributed by atoms with van der Waals surface area (Å²) in [6.45, 7) is 5.02. The standard InChI is InChI=1S/C11H15N5O2S/c1-2-16(9-12-1)10-11(14-19-13-10)18-8-5-15-3-6-17-7-4-15/h1-2,9H,3-8H2. The summed E-state index contributed by atoms with van der Waals surface area (Å²) in [5.41, 5.74) is 0. The zero-order valence-corrected chi connectivity index (χ0v) is 11.3. The second-order valence-corrected chi connectivity index (χ2v) is 4.69. The van der Waals surface area contributed by atoms with Gasteiger partial charge in [-0.3, -0.25) is 9.47 Å². The van der Waals surface area contributed by atoms with Crippen LogP contribution in [0.2, 0.25) is 0 Å². The number of hydrogen-bond acceptors (Lipinski definition) is 7. The second kappa shape index (κ2) is 6.09. The molecule has 7 nitrogen and oxygen atoms in total. The summed E-state index contributed by atoms with van der Waals surface area (Å²) < 4.78 is 21.2. The van der Waals surface area contributed by atoms with Crippen LogP contribution in [0.4, 0.5) is 0 Å². The lowest BCUT2D eigenvalue weighted by Gasteiger charge is -2.26. The van der Waals surface area contributed by atoms with E-state index in [1.54, 1.807) is 17.1 Å². The van der Waals surface area contributed by atoms with Gasteiger partial charge in [-0.15, -0.1) is 4.37 Å². The average Bonchev–Trinajstić information content (AvgIpc) is 3.10. The molecule has 102 valence electrons. The zero-order chi connectivity index (χ0) is 12.9. The molecule has 0 saturated carbocycles. The van der Waals surface area contributed by atoms with Gasteiger partial charge in [0.1, 0.15) is 12.9 Å². The fourth-order valence-electron chi connectivity index (χ4n) is 1.91. The maximum Gasteiger partial charge on any atom is 0.271 e. The van der Waals surface area contributed by atoms with E-state index < -0.39 is 0 Å². The van der Waals surface area contributed by atoms with E-state index in [1.165, 1.54) is 0 Å². The Balaban J connectivity index is 1.54. The van der Waals surface area contributed by atoms with E-state index in [4.69, 9.17) is 9.47 Å². The van der Waals surface area contributed by atoms with Gasteiger partial charge in [-0.25, -0.2) is 4.98 Å². The van der Waals surface area contributed by atoms with E-state index in [0.29, 0.717) is 18.3 Å². The topological polar surface area (TPSA) is 65.3 Å². The van der Waals surface area contributed by atoms with Crippen molar-refractivity contribution in [3.63, 3.8) is 0 Å². The van der Waals surface area contributed by atoms with Crippen LogP contribution in [0.1, 0.15) is 0 Å². The van der Waals surface area contributed by atoms with Crippen molar-refractivity contribution in [1.29, 1.82) is 0 Å². The summed E-state index contributed by atoms with van der Waals surface area (Å²) in [7, 11) is 0. The van der Waals surface area contributed by atoms with Crippen molar-refractivity contribution in [2.45, 2.75) is 0 Å². The van der Waals surface area contributed by atoms with E-state index in [1.807, 2.05) is 6.20 Å². The van der Waals surface area contributed by atoms with Gasteiger partial charge in [0.15, 0.2) is 0 Å². The minimum Gasteiger partial charge on any atom is -0.473 e. The molecule has 1 aliphatic heterocycles. The first-order valence-corrected chi connectivity index (χ1v) is 6.90. The lowest BCUT2D eigenvalue weighted by Crippen LogP contribution is -2.38. The number of aromatic nitrogens is 4. The van der Waals surface area contributed by atoms with Gasteiger partial charge in [0, 0.05) is 32.0 Å². The molecule has 1 saturated heterocycles. The largest absolute Gasteiger partial charge is 0.473 e. The fourth-order valence-corrected chi connectivity index (χ4v) is 2.40. The highest BCUT2D eigenvalue weighted by molar-refractivity contribution is 6.99. The van der Waals surface area contributed by atoms with Crippen molar-refractivity contribution < 1.29 is 9.47 Å². The van der Waals surface area contributed by atoms with Crippen LogP contribution in [-0.2, 0) is 4.74 Å². The minimum atomic E-state index is 0.566. The molecule has 0 N–H and O–H groups in total. The number of hydrogen-bond donors (Lipinski definition) is 0. The van der Waals surface area contributed by atoms with Crippen molar-refractivity contribution in [1.82, 2.24) is 23.2 Å². The average molecular weight is 281 g/mol. The SMILES string of the molecule is c1cn(-c2nsnc2OCCN2CCOCC2)cn1. The molecule has 2 aromatic rings. The van der Waals surface area contributed by atoms with E-state index in [9.17, 15) is 0 Å². The fraction of sp³-hybridized carbons (Fsp3) is 0.545. The van der Waals surface area contributed by atoms with Crippen LogP contribution in [0.15, 0.2) is 18.7 Å². The molecule has 0 spiro atoms. The maximum absolute atomic E-state index is 5.71. The lowest BCUT2D eigenvalue weighted by atomic mass is 10.4. The highest BCUT2D eigenvalue weighted by atomic mass is 32.1. The summed E-state index contributed by atoms with van der Waals surface area (Å²) in [4.78, 5) is 6.31. The van der Waals surface area contributed by atoms with Crippen LogP contribution in [0, 0.1) is 0 Å².